The van der Waals surface area contributed by atoms with Crippen LogP contribution in [0.25, 0.3) is 43.8 Å². The van der Waals surface area contributed by atoms with Crippen molar-refractivity contribution in [2.24, 2.45) is 0 Å². The van der Waals surface area contributed by atoms with Crippen molar-refractivity contribution in [3.8, 4) is 22.3 Å². The van der Waals surface area contributed by atoms with Gasteiger partial charge < -0.3 is 9.31 Å². The lowest BCUT2D eigenvalue weighted by molar-refractivity contribution is 0.00578. The molecule has 0 atom stereocenters. The third-order valence-electron chi connectivity index (χ3n) is 10.7. The van der Waals surface area contributed by atoms with E-state index < -0.39 is 0 Å². The summed E-state index contributed by atoms with van der Waals surface area (Å²) >= 11 is 0. The van der Waals surface area contributed by atoms with Gasteiger partial charge in [-0.05, 0) is 77.0 Å². The monoisotopic (exact) mass is 540 g/mol. The summed E-state index contributed by atoms with van der Waals surface area (Å²) < 4.78 is 12.8. The molecule has 0 aliphatic carbocycles. The highest BCUT2D eigenvalue weighted by Gasteiger charge is 2.51. The Bertz CT molecular complexity index is 1910. The molecule has 1 heterocycles. The van der Waals surface area contributed by atoms with E-state index in [1.807, 2.05) is 0 Å². The van der Waals surface area contributed by atoms with Gasteiger partial charge in [-0.25, -0.2) is 0 Å². The predicted molar refractivity (Wildman–Crippen MR) is 205 cm³/mol. The molecule has 0 amide bonds. The van der Waals surface area contributed by atoms with Crippen LogP contribution in [0.15, 0.2) is 60.7 Å². The van der Waals surface area contributed by atoms with E-state index in [2.05, 4.69) is 143 Å². The van der Waals surface area contributed by atoms with Crippen LogP contribution in [0.4, 0.5) is 0 Å². The molecule has 0 bridgehead atoms. The molecule has 0 spiro atoms. The maximum Gasteiger partial charge on any atom is 0.494 e. The van der Waals surface area contributed by atoms with Crippen molar-refractivity contribution >= 4 is 127 Å². The Kier molecular flexibility index (Phi) is 6.99. The summed E-state index contributed by atoms with van der Waals surface area (Å²) in [6.45, 7) is 8.42. The second-order valence-corrected chi connectivity index (χ2v) is 13.4. The number of rotatable bonds is 3. The fourth-order valence-corrected chi connectivity index (χ4v) is 6.87. The first-order valence-electron chi connectivity index (χ1n) is 15.2. The minimum atomic E-state index is -0.386. The number of hydrogen-bond acceptors (Lipinski definition) is 2. The molecule has 0 saturated carbocycles. The van der Waals surface area contributed by atoms with Crippen molar-refractivity contribution in [1.29, 1.82) is 0 Å². The second kappa shape index (κ2) is 10.1. The van der Waals surface area contributed by atoms with E-state index in [1.54, 1.807) is 0 Å². The highest BCUT2D eigenvalue weighted by molar-refractivity contribution is 6.72. The van der Waals surface area contributed by atoms with Crippen LogP contribution in [0, 0.1) is 0 Å². The maximum atomic E-state index is 6.40. The summed E-state index contributed by atoms with van der Waals surface area (Å²) in [5, 5.41) is 5.35. The van der Waals surface area contributed by atoms with Crippen molar-refractivity contribution in [2.75, 3.05) is 0 Å². The van der Waals surface area contributed by atoms with Crippen LogP contribution in [-0.4, -0.2) is 73.2 Å². The summed E-state index contributed by atoms with van der Waals surface area (Å²) in [6, 6.07) is 22.2. The Morgan fingerprint density at radius 2 is 1.02 bits per heavy atom. The van der Waals surface area contributed by atoms with Crippen LogP contribution in [0.5, 0.6) is 0 Å². The number of benzene rings is 5. The van der Waals surface area contributed by atoms with E-state index in [9.17, 15) is 0 Å². The third kappa shape index (κ3) is 4.28. The van der Waals surface area contributed by atoms with Crippen molar-refractivity contribution in [2.45, 2.75) is 38.9 Å². The summed E-state index contributed by atoms with van der Waals surface area (Å²) in [6.07, 6.45) is 0. The van der Waals surface area contributed by atoms with Gasteiger partial charge in [-0.2, -0.15) is 0 Å². The first kappa shape index (κ1) is 29.1. The van der Waals surface area contributed by atoms with Crippen molar-refractivity contribution in [3.63, 3.8) is 0 Å². The van der Waals surface area contributed by atoms with Gasteiger partial charge in [0.1, 0.15) is 54.9 Å². The van der Waals surface area contributed by atoms with Crippen LogP contribution >= 0.6 is 0 Å². The van der Waals surface area contributed by atoms with Gasteiger partial charge in [0.25, 0.3) is 0 Å². The van der Waals surface area contributed by atoms with Crippen LogP contribution in [-0.2, 0) is 9.31 Å². The standard InChI is InChI=1S/C32H36B8O2/c1-31(2)32(3,4)42-40(41-31)16-9-7-8-15(14-16)17-12-13-20(19-11-6-5-10-18(17)19)21-22-23(26(35)28(37)24(21)33)27(36)30(39)29(38)25(22)34/h5-14H,33-39H2,1-4H3. The Morgan fingerprint density at radius 3 is 1.62 bits per heavy atom. The zero-order chi connectivity index (χ0) is 30.3. The van der Waals surface area contributed by atoms with E-state index in [1.165, 1.54) is 82.0 Å². The van der Waals surface area contributed by atoms with Gasteiger partial charge in [0.15, 0.2) is 0 Å². The first-order chi connectivity index (χ1) is 19.7. The summed E-state index contributed by atoms with van der Waals surface area (Å²) in [5.74, 6) is 0. The van der Waals surface area contributed by atoms with Gasteiger partial charge in [0.2, 0.25) is 0 Å². The molecular weight excluding hydrogens is 503 g/mol. The first-order valence-corrected chi connectivity index (χ1v) is 15.2. The lowest BCUT2D eigenvalue weighted by Crippen LogP contribution is -2.52. The summed E-state index contributed by atoms with van der Waals surface area (Å²) in [4.78, 5) is 0. The van der Waals surface area contributed by atoms with Gasteiger partial charge in [-0.1, -0.05) is 82.5 Å². The van der Waals surface area contributed by atoms with Gasteiger partial charge >= 0.3 is 7.12 Å². The molecule has 5 aromatic carbocycles. The van der Waals surface area contributed by atoms with Crippen molar-refractivity contribution in [3.05, 3.63) is 60.7 Å². The average molecular weight is 539 g/mol. The molecule has 5 aromatic rings. The highest BCUT2D eigenvalue weighted by atomic mass is 16.7. The molecule has 0 aromatic heterocycles. The minimum Gasteiger partial charge on any atom is -0.399 e. The van der Waals surface area contributed by atoms with Crippen molar-refractivity contribution in [1.82, 2.24) is 0 Å². The molecule has 1 saturated heterocycles. The van der Waals surface area contributed by atoms with Gasteiger partial charge in [0.05, 0.1) is 11.2 Å². The van der Waals surface area contributed by atoms with Crippen LogP contribution in [0.1, 0.15) is 27.7 Å². The third-order valence-corrected chi connectivity index (χ3v) is 10.7. The highest BCUT2D eigenvalue weighted by Crippen LogP contribution is 2.38. The molecular formula is C32H36B8O2. The van der Waals surface area contributed by atoms with E-state index in [0.29, 0.717) is 0 Å². The topological polar surface area (TPSA) is 18.5 Å². The van der Waals surface area contributed by atoms with E-state index >= 15 is 0 Å². The molecule has 2 nitrogen and oxygen atoms in total. The lowest BCUT2D eigenvalue weighted by Gasteiger charge is -2.32. The van der Waals surface area contributed by atoms with E-state index in [-0.39, 0.29) is 18.3 Å². The zero-order valence-corrected chi connectivity index (χ0v) is 27.2. The van der Waals surface area contributed by atoms with Gasteiger partial charge in [0, 0.05) is 0 Å². The largest absolute Gasteiger partial charge is 0.494 e. The summed E-state index contributed by atoms with van der Waals surface area (Å²) in [5.41, 5.74) is 15.1. The molecule has 1 fully saturated rings. The zero-order valence-electron chi connectivity index (χ0n) is 27.2. The molecule has 42 heavy (non-hydrogen) atoms. The van der Waals surface area contributed by atoms with Gasteiger partial charge in [-0.15, -0.1) is 16.4 Å². The van der Waals surface area contributed by atoms with Crippen LogP contribution < -0.4 is 43.7 Å². The maximum absolute atomic E-state index is 6.40. The predicted octanol–water partition coefficient (Wildman–Crippen LogP) is -4.56. The lowest BCUT2D eigenvalue weighted by atomic mass is 9.58. The second-order valence-electron chi connectivity index (χ2n) is 13.4. The molecule has 0 unspecified atom stereocenters. The van der Waals surface area contributed by atoms with E-state index in [4.69, 9.17) is 9.31 Å². The molecule has 1 aliphatic heterocycles. The number of hydrogen-bond donors (Lipinski definition) is 0. The van der Waals surface area contributed by atoms with Gasteiger partial charge in [-0.3, -0.25) is 0 Å². The van der Waals surface area contributed by atoms with Crippen LogP contribution in [0.3, 0.4) is 0 Å². The molecule has 6 rings (SSSR count). The normalized spacial score (nSPS) is 16.0. The SMILES string of the molecule is Bc1c(B)c(B)c2c(-c3ccc(-c4cccc(B5OC(C)(C)C(C)(C)O5)c4)c4ccccc34)c(B)c(B)c(B)c2c1B. The smallest absolute Gasteiger partial charge is 0.399 e. The molecule has 0 radical (unpaired) electrons. The summed E-state index contributed by atoms with van der Waals surface area (Å²) in [7, 11) is 15.6. The Morgan fingerprint density at radius 1 is 0.524 bits per heavy atom. The Balaban J connectivity index is 1.58. The van der Waals surface area contributed by atoms with Crippen LogP contribution in [0.2, 0.25) is 0 Å². The van der Waals surface area contributed by atoms with E-state index in [0.717, 1.165) is 5.46 Å². The molecule has 1 aliphatic rings. The minimum absolute atomic E-state index is 0.373. The Hall–Kier alpha value is -2.94. The quantitative estimate of drug-likeness (QED) is 0.215. The molecule has 200 valence electrons. The van der Waals surface area contributed by atoms with Crippen molar-refractivity contribution < 1.29 is 9.31 Å². The fraction of sp³-hybridized carbons (Fsp3) is 0.188. The Labute approximate surface area is 257 Å². The average Bonchev–Trinajstić information content (AvgIpc) is 3.19. The molecule has 10 heteroatoms. The fourth-order valence-electron chi connectivity index (χ4n) is 6.87. The number of fused-ring (bicyclic) bond motifs is 2. The molecule has 0 N–H and O–H groups in total.